The van der Waals surface area contributed by atoms with Crippen LogP contribution in [-0.4, -0.2) is 0 Å². The van der Waals surface area contributed by atoms with Crippen LogP contribution in [0.2, 0.25) is 0 Å². The molecule has 0 radical (unpaired) electrons. The minimum Gasteiger partial charge on any atom is -0.466 e. The zero-order chi connectivity index (χ0) is 7.40. The van der Waals surface area contributed by atoms with Crippen LogP contribution >= 0.6 is 0 Å². The quantitative estimate of drug-likeness (QED) is 0.626. The van der Waals surface area contributed by atoms with Crippen molar-refractivity contribution < 1.29 is 4.42 Å². The van der Waals surface area contributed by atoms with Gasteiger partial charge in [-0.25, -0.2) is 0 Å². The van der Waals surface area contributed by atoms with Gasteiger partial charge in [0, 0.05) is 12.8 Å². The minimum absolute atomic E-state index is 1.00. The van der Waals surface area contributed by atoms with Crippen molar-refractivity contribution in [2.24, 2.45) is 0 Å². The maximum absolute atomic E-state index is 5.47. The first-order valence-electron chi connectivity index (χ1n) is 3.94. The Morgan fingerprint density at radius 2 is 1.90 bits per heavy atom. The average molecular weight is 138 g/mol. The summed E-state index contributed by atoms with van der Waals surface area (Å²) in [5, 5.41) is 0. The second kappa shape index (κ2) is 3.45. The van der Waals surface area contributed by atoms with Crippen LogP contribution in [0.5, 0.6) is 0 Å². The average Bonchev–Trinajstić information content (AvgIpc) is 2.37. The van der Waals surface area contributed by atoms with Crippen LogP contribution < -0.4 is 0 Å². The molecule has 0 fully saturated rings. The number of furan rings is 1. The van der Waals surface area contributed by atoms with Gasteiger partial charge >= 0.3 is 0 Å². The monoisotopic (exact) mass is 138 g/mol. The van der Waals surface area contributed by atoms with Crippen LogP contribution in [0.3, 0.4) is 0 Å². The van der Waals surface area contributed by atoms with E-state index in [4.69, 9.17) is 4.42 Å². The highest BCUT2D eigenvalue weighted by atomic mass is 16.3. The largest absolute Gasteiger partial charge is 0.466 e. The lowest BCUT2D eigenvalue weighted by molar-refractivity contribution is 0.467. The van der Waals surface area contributed by atoms with Crippen molar-refractivity contribution in [2.45, 2.75) is 33.1 Å². The molecule has 1 aromatic rings. The van der Waals surface area contributed by atoms with Crippen LogP contribution in [0.1, 0.15) is 31.8 Å². The Morgan fingerprint density at radius 3 is 2.40 bits per heavy atom. The fourth-order valence-electron chi connectivity index (χ4n) is 0.993. The second-order valence-electron chi connectivity index (χ2n) is 2.47. The maximum atomic E-state index is 5.47. The lowest BCUT2D eigenvalue weighted by Crippen LogP contribution is -1.76. The van der Waals surface area contributed by atoms with E-state index in [-0.39, 0.29) is 0 Å². The van der Waals surface area contributed by atoms with Crippen LogP contribution in [0.25, 0.3) is 0 Å². The van der Waals surface area contributed by atoms with E-state index in [9.17, 15) is 0 Å². The highest BCUT2D eigenvalue weighted by Gasteiger charge is 1.96. The lowest BCUT2D eigenvalue weighted by Gasteiger charge is -1.90. The van der Waals surface area contributed by atoms with Gasteiger partial charge in [-0.15, -0.1) is 0 Å². The summed E-state index contributed by atoms with van der Waals surface area (Å²) < 4.78 is 5.47. The van der Waals surface area contributed by atoms with Crippen LogP contribution in [0, 0.1) is 0 Å². The summed E-state index contributed by atoms with van der Waals surface area (Å²) in [4.78, 5) is 0. The Hall–Kier alpha value is -0.720. The van der Waals surface area contributed by atoms with Crippen molar-refractivity contribution in [3.63, 3.8) is 0 Å². The molecule has 0 saturated carbocycles. The van der Waals surface area contributed by atoms with E-state index in [1.165, 1.54) is 0 Å². The molecule has 0 aromatic carbocycles. The van der Waals surface area contributed by atoms with E-state index in [1.54, 1.807) is 0 Å². The molecule has 0 bridgehead atoms. The Balaban J connectivity index is 2.59. The molecule has 0 aliphatic heterocycles. The number of hydrogen-bond donors (Lipinski definition) is 0. The van der Waals surface area contributed by atoms with Crippen molar-refractivity contribution in [1.82, 2.24) is 0 Å². The molecular weight excluding hydrogens is 124 g/mol. The predicted molar refractivity (Wildman–Crippen MR) is 42.1 cm³/mol. The van der Waals surface area contributed by atoms with Crippen molar-refractivity contribution in [3.05, 3.63) is 23.7 Å². The Morgan fingerprint density at radius 1 is 1.20 bits per heavy atom. The molecule has 0 amide bonds. The second-order valence-corrected chi connectivity index (χ2v) is 2.47. The SMILES string of the molecule is CCCc1ccc(CC)o1. The summed E-state index contributed by atoms with van der Waals surface area (Å²) in [6, 6.07) is 4.13. The third-order valence-corrected chi connectivity index (χ3v) is 1.56. The Kier molecular flexibility index (Phi) is 2.55. The maximum Gasteiger partial charge on any atom is 0.104 e. The molecule has 56 valence electrons. The summed E-state index contributed by atoms with van der Waals surface area (Å²) >= 11 is 0. The molecule has 1 heteroatoms. The van der Waals surface area contributed by atoms with Crippen molar-refractivity contribution in [3.8, 4) is 0 Å². The zero-order valence-electron chi connectivity index (χ0n) is 6.68. The van der Waals surface area contributed by atoms with Crippen LogP contribution in [0.15, 0.2) is 16.5 Å². The fourth-order valence-corrected chi connectivity index (χ4v) is 0.993. The number of aryl methyl sites for hydroxylation is 2. The molecule has 0 saturated heterocycles. The molecule has 0 aliphatic rings. The van der Waals surface area contributed by atoms with Crippen LogP contribution in [0.4, 0.5) is 0 Å². The van der Waals surface area contributed by atoms with Crippen LogP contribution in [-0.2, 0) is 12.8 Å². The van der Waals surface area contributed by atoms with Gasteiger partial charge in [0.25, 0.3) is 0 Å². The third kappa shape index (κ3) is 1.63. The van der Waals surface area contributed by atoms with E-state index in [1.807, 2.05) is 0 Å². The van der Waals surface area contributed by atoms with E-state index < -0.39 is 0 Å². The van der Waals surface area contributed by atoms with Crippen molar-refractivity contribution in [2.75, 3.05) is 0 Å². The molecule has 0 N–H and O–H groups in total. The van der Waals surface area contributed by atoms with Gasteiger partial charge in [0.2, 0.25) is 0 Å². The van der Waals surface area contributed by atoms with Gasteiger partial charge in [-0.3, -0.25) is 0 Å². The summed E-state index contributed by atoms with van der Waals surface area (Å²) in [7, 11) is 0. The zero-order valence-corrected chi connectivity index (χ0v) is 6.68. The molecule has 1 aromatic heterocycles. The normalized spacial score (nSPS) is 10.2. The lowest BCUT2D eigenvalue weighted by atomic mass is 10.3. The fraction of sp³-hybridized carbons (Fsp3) is 0.556. The Labute approximate surface area is 62.1 Å². The third-order valence-electron chi connectivity index (χ3n) is 1.56. The van der Waals surface area contributed by atoms with Crippen molar-refractivity contribution >= 4 is 0 Å². The molecule has 0 atom stereocenters. The summed E-state index contributed by atoms with van der Waals surface area (Å²) in [6.07, 6.45) is 3.24. The van der Waals surface area contributed by atoms with Gasteiger partial charge in [0.1, 0.15) is 11.5 Å². The summed E-state index contributed by atoms with van der Waals surface area (Å²) in [6.45, 7) is 4.27. The highest BCUT2D eigenvalue weighted by Crippen LogP contribution is 2.09. The molecule has 10 heavy (non-hydrogen) atoms. The molecule has 1 heterocycles. The number of hydrogen-bond acceptors (Lipinski definition) is 1. The molecule has 0 unspecified atom stereocenters. The van der Waals surface area contributed by atoms with E-state index in [0.717, 1.165) is 30.8 Å². The smallest absolute Gasteiger partial charge is 0.104 e. The van der Waals surface area contributed by atoms with Crippen molar-refractivity contribution in [1.29, 1.82) is 0 Å². The minimum atomic E-state index is 1.00. The first-order valence-corrected chi connectivity index (χ1v) is 3.94. The van der Waals surface area contributed by atoms with Gasteiger partial charge in [0.05, 0.1) is 0 Å². The predicted octanol–water partition coefficient (Wildman–Crippen LogP) is 2.79. The van der Waals surface area contributed by atoms with Gasteiger partial charge in [-0.05, 0) is 18.6 Å². The van der Waals surface area contributed by atoms with E-state index in [0.29, 0.717) is 0 Å². The molecule has 1 nitrogen and oxygen atoms in total. The van der Waals surface area contributed by atoms with Gasteiger partial charge in [0.15, 0.2) is 0 Å². The van der Waals surface area contributed by atoms with Gasteiger partial charge in [-0.1, -0.05) is 13.8 Å². The van der Waals surface area contributed by atoms with E-state index >= 15 is 0 Å². The highest BCUT2D eigenvalue weighted by molar-refractivity contribution is 5.06. The molecule has 1 rings (SSSR count). The molecular formula is C9H14O. The molecule has 0 aliphatic carbocycles. The Bertz CT molecular complexity index is 188. The van der Waals surface area contributed by atoms with E-state index in [2.05, 4.69) is 26.0 Å². The first kappa shape index (κ1) is 7.39. The first-order chi connectivity index (χ1) is 4.86. The van der Waals surface area contributed by atoms with Gasteiger partial charge < -0.3 is 4.42 Å². The summed E-state index contributed by atoms with van der Waals surface area (Å²) in [5.74, 6) is 2.22. The standard InChI is InChI=1S/C9H14O/c1-3-5-9-7-6-8(4-2)10-9/h6-7H,3-5H2,1-2H3. The topological polar surface area (TPSA) is 13.1 Å². The summed E-state index contributed by atoms with van der Waals surface area (Å²) in [5.41, 5.74) is 0. The number of rotatable bonds is 3. The van der Waals surface area contributed by atoms with Gasteiger partial charge in [-0.2, -0.15) is 0 Å². The molecule has 0 spiro atoms.